The zero-order valence-corrected chi connectivity index (χ0v) is 13.9. The molecular weight excluding hydrogens is 330 g/mol. The predicted molar refractivity (Wildman–Crippen MR) is 93.0 cm³/mol. The molecule has 3 rings (SSSR count). The summed E-state index contributed by atoms with van der Waals surface area (Å²) in [5, 5.41) is 0.725. The lowest BCUT2D eigenvalue weighted by Gasteiger charge is -1.99. The maximum atomic E-state index is 11.9. The number of ketones is 1. The number of para-hydroxylation sites is 1. The van der Waals surface area contributed by atoms with E-state index in [4.69, 9.17) is 4.74 Å². The van der Waals surface area contributed by atoms with E-state index in [1.54, 1.807) is 12.1 Å². The molecule has 0 aliphatic heterocycles. The number of nitrogens with zero attached hydrogens (tertiary/aromatic N) is 1. The van der Waals surface area contributed by atoms with Crippen molar-refractivity contribution >= 4 is 50.7 Å². The van der Waals surface area contributed by atoms with E-state index in [9.17, 15) is 9.59 Å². The van der Waals surface area contributed by atoms with Gasteiger partial charge in [0.05, 0.1) is 15.1 Å². The Labute approximate surface area is 141 Å². The third kappa shape index (κ3) is 3.91. The van der Waals surface area contributed by atoms with Gasteiger partial charge in [-0.05, 0) is 37.3 Å². The van der Waals surface area contributed by atoms with Crippen LogP contribution >= 0.6 is 22.7 Å². The highest BCUT2D eigenvalue weighted by Gasteiger charge is 2.10. The summed E-state index contributed by atoms with van der Waals surface area (Å²) in [6.45, 7) is 1.68. The number of carbonyl (C=O) groups is 2. The largest absolute Gasteiger partial charge is 0.454 e. The first kappa shape index (κ1) is 15.6. The summed E-state index contributed by atoms with van der Waals surface area (Å²) >= 11 is 2.89. The molecule has 0 bridgehead atoms. The Morgan fingerprint density at radius 2 is 2.00 bits per heavy atom. The van der Waals surface area contributed by atoms with Crippen LogP contribution in [0.1, 0.15) is 19.6 Å². The standard InChI is InChI=1S/C17H13NO3S2/c1-11-6-7-15(22-11)13(19)10-21-17(20)9-8-16-18-12-4-2-3-5-14(12)23-16/h2-9H,10H2,1H3/b9-8+. The van der Waals surface area contributed by atoms with Crippen LogP contribution in [0.2, 0.25) is 0 Å². The summed E-state index contributed by atoms with van der Waals surface area (Å²) in [4.78, 5) is 29.6. The Hall–Kier alpha value is -2.31. The molecule has 2 aromatic heterocycles. The summed E-state index contributed by atoms with van der Waals surface area (Å²) in [5.41, 5.74) is 0.897. The van der Waals surface area contributed by atoms with E-state index in [1.165, 1.54) is 28.7 Å². The molecule has 4 nitrogen and oxygen atoms in total. The van der Waals surface area contributed by atoms with Gasteiger partial charge in [-0.25, -0.2) is 9.78 Å². The van der Waals surface area contributed by atoms with Crippen LogP contribution in [0.5, 0.6) is 0 Å². The van der Waals surface area contributed by atoms with Crippen molar-refractivity contribution in [3.63, 3.8) is 0 Å². The highest BCUT2D eigenvalue weighted by molar-refractivity contribution is 7.19. The molecule has 0 saturated carbocycles. The van der Waals surface area contributed by atoms with Gasteiger partial charge in [0, 0.05) is 11.0 Å². The number of aryl methyl sites for hydroxylation is 1. The van der Waals surface area contributed by atoms with Crippen LogP contribution in [0.15, 0.2) is 42.5 Å². The number of thiophene rings is 1. The summed E-state index contributed by atoms with van der Waals surface area (Å²) in [7, 11) is 0. The number of hydrogen-bond acceptors (Lipinski definition) is 6. The van der Waals surface area contributed by atoms with Crippen LogP contribution in [0.25, 0.3) is 16.3 Å². The summed E-state index contributed by atoms with van der Waals surface area (Å²) in [6, 6.07) is 11.4. The number of thiazole rings is 1. The quantitative estimate of drug-likeness (QED) is 0.397. The minimum absolute atomic E-state index is 0.190. The molecule has 0 atom stereocenters. The van der Waals surface area contributed by atoms with Gasteiger partial charge in [-0.3, -0.25) is 4.79 Å². The highest BCUT2D eigenvalue weighted by Crippen LogP contribution is 2.22. The van der Waals surface area contributed by atoms with E-state index in [0.717, 1.165) is 20.1 Å². The Bertz CT molecular complexity index is 859. The van der Waals surface area contributed by atoms with Crippen molar-refractivity contribution in [3.8, 4) is 0 Å². The van der Waals surface area contributed by atoms with E-state index in [2.05, 4.69) is 4.98 Å². The number of Topliss-reactive ketones (excluding diaryl/α,β-unsaturated/α-hetero) is 1. The van der Waals surface area contributed by atoms with Gasteiger partial charge in [-0.15, -0.1) is 22.7 Å². The topological polar surface area (TPSA) is 56.3 Å². The first-order chi connectivity index (χ1) is 11.1. The molecule has 0 fully saturated rings. The number of aromatic nitrogens is 1. The maximum Gasteiger partial charge on any atom is 0.331 e. The molecule has 0 aliphatic rings. The van der Waals surface area contributed by atoms with Crippen molar-refractivity contribution in [2.45, 2.75) is 6.92 Å². The van der Waals surface area contributed by atoms with Gasteiger partial charge in [0.15, 0.2) is 6.61 Å². The minimum Gasteiger partial charge on any atom is -0.454 e. The molecule has 1 aromatic carbocycles. The van der Waals surface area contributed by atoms with E-state index in [0.29, 0.717) is 4.88 Å². The van der Waals surface area contributed by atoms with Crippen LogP contribution in [0.4, 0.5) is 0 Å². The number of rotatable bonds is 5. The summed E-state index contributed by atoms with van der Waals surface area (Å²) < 4.78 is 6.03. The lowest BCUT2D eigenvalue weighted by atomic mass is 10.3. The van der Waals surface area contributed by atoms with Crippen molar-refractivity contribution in [1.82, 2.24) is 4.98 Å². The van der Waals surface area contributed by atoms with Gasteiger partial charge in [-0.2, -0.15) is 0 Å². The molecule has 3 aromatic rings. The Morgan fingerprint density at radius 1 is 1.17 bits per heavy atom. The lowest BCUT2D eigenvalue weighted by Crippen LogP contribution is -2.11. The average Bonchev–Trinajstić information content (AvgIpc) is 3.16. The van der Waals surface area contributed by atoms with Crippen LogP contribution in [0.3, 0.4) is 0 Å². The number of carbonyl (C=O) groups excluding carboxylic acids is 2. The molecule has 6 heteroatoms. The molecule has 0 radical (unpaired) electrons. The fraction of sp³-hybridized carbons (Fsp3) is 0.118. The third-order valence-electron chi connectivity index (χ3n) is 3.03. The maximum absolute atomic E-state index is 11.9. The van der Waals surface area contributed by atoms with Crippen molar-refractivity contribution in [2.75, 3.05) is 6.61 Å². The highest BCUT2D eigenvalue weighted by atomic mass is 32.1. The number of benzene rings is 1. The molecule has 0 unspecified atom stereocenters. The second-order valence-corrected chi connectivity index (χ2v) is 7.14. The second kappa shape index (κ2) is 6.85. The fourth-order valence-corrected chi connectivity index (χ4v) is 3.60. The predicted octanol–water partition coefficient (Wildman–Crippen LogP) is 4.11. The zero-order chi connectivity index (χ0) is 16.2. The third-order valence-corrected chi connectivity index (χ3v) is 5.08. The van der Waals surface area contributed by atoms with E-state index >= 15 is 0 Å². The average molecular weight is 343 g/mol. The smallest absolute Gasteiger partial charge is 0.331 e. The monoisotopic (exact) mass is 343 g/mol. The van der Waals surface area contributed by atoms with Crippen LogP contribution in [-0.2, 0) is 9.53 Å². The van der Waals surface area contributed by atoms with Crippen LogP contribution in [0, 0.1) is 6.92 Å². The normalized spacial score (nSPS) is 11.2. The van der Waals surface area contributed by atoms with Gasteiger partial charge in [0.2, 0.25) is 5.78 Å². The van der Waals surface area contributed by atoms with E-state index < -0.39 is 5.97 Å². The van der Waals surface area contributed by atoms with Crippen LogP contribution in [-0.4, -0.2) is 23.3 Å². The molecule has 23 heavy (non-hydrogen) atoms. The number of fused-ring (bicyclic) bond motifs is 1. The molecular formula is C17H13NO3S2. The van der Waals surface area contributed by atoms with Crippen molar-refractivity contribution < 1.29 is 14.3 Å². The number of ether oxygens (including phenoxy) is 1. The summed E-state index contributed by atoms with van der Waals surface area (Å²) in [5.74, 6) is -0.740. The number of hydrogen-bond donors (Lipinski definition) is 0. The van der Waals surface area contributed by atoms with Gasteiger partial charge in [-0.1, -0.05) is 12.1 Å². The second-order valence-electron chi connectivity index (χ2n) is 4.79. The molecule has 116 valence electrons. The molecule has 0 amide bonds. The van der Waals surface area contributed by atoms with Gasteiger partial charge >= 0.3 is 5.97 Å². The van der Waals surface area contributed by atoms with E-state index in [1.807, 2.05) is 37.3 Å². The van der Waals surface area contributed by atoms with E-state index in [-0.39, 0.29) is 12.4 Å². The molecule has 0 saturated heterocycles. The van der Waals surface area contributed by atoms with Gasteiger partial charge in [0.1, 0.15) is 5.01 Å². The molecule has 2 heterocycles. The van der Waals surface area contributed by atoms with Crippen LogP contribution < -0.4 is 0 Å². The Balaban J connectivity index is 1.57. The van der Waals surface area contributed by atoms with Crippen molar-refractivity contribution in [1.29, 1.82) is 0 Å². The van der Waals surface area contributed by atoms with Gasteiger partial charge in [0.25, 0.3) is 0 Å². The van der Waals surface area contributed by atoms with Crippen molar-refractivity contribution in [3.05, 3.63) is 57.2 Å². The Morgan fingerprint density at radius 3 is 2.74 bits per heavy atom. The fourth-order valence-electron chi connectivity index (χ4n) is 1.94. The number of esters is 1. The zero-order valence-electron chi connectivity index (χ0n) is 12.3. The first-order valence-corrected chi connectivity index (χ1v) is 8.55. The van der Waals surface area contributed by atoms with Crippen molar-refractivity contribution in [2.24, 2.45) is 0 Å². The Kier molecular flexibility index (Phi) is 4.64. The minimum atomic E-state index is -0.550. The molecule has 0 aliphatic carbocycles. The lowest BCUT2D eigenvalue weighted by molar-refractivity contribution is -0.136. The first-order valence-electron chi connectivity index (χ1n) is 6.92. The SMILES string of the molecule is Cc1ccc(C(=O)COC(=O)/C=C/c2nc3ccccc3s2)s1. The summed E-state index contributed by atoms with van der Waals surface area (Å²) in [6.07, 6.45) is 2.90. The molecule has 0 N–H and O–H groups in total. The molecule has 0 spiro atoms. The van der Waals surface area contributed by atoms with Gasteiger partial charge < -0.3 is 4.74 Å².